The molecule has 6 N–H and O–H groups in total. The molecule has 1 aliphatic rings. The first-order chi connectivity index (χ1) is 17.2. The maximum absolute atomic E-state index is 12.8. The Morgan fingerprint density at radius 3 is 2.67 bits per heavy atom. The molecule has 2 aromatic heterocycles. The van der Waals surface area contributed by atoms with Crippen molar-refractivity contribution in [2.75, 3.05) is 13.7 Å². The Kier molecular flexibility index (Phi) is 7.64. The van der Waals surface area contributed by atoms with Gasteiger partial charge in [-0.15, -0.1) is 0 Å². The van der Waals surface area contributed by atoms with Gasteiger partial charge in [-0.05, 0) is 19.1 Å². The van der Waals surface area contributed by atoms with Crippen LogP contribution < -0.4 is 5.32 Å². The number of amides is 1. The first-order valence-corrected chi connectivity index (χ1v) is 11.2. The van der Waals surface area contributed by atoms with E-state index in [0.717, 1.165) is 23.2 Å². The number of esters is 1. The molecule has 192 valence electrons. The van der Waals surface area contributed by atoms with E-state index in [2.05, 4.69) is 20.0 Å². The van der Waals surface area contributed by atoms with Gasteiger partial charge in [0.05, 0.1) is 24.9 Å². The Labute approximate surface area is 205 Å². The van der Waals surface area contributed by atoms with E-state index >= 15 is 0 Å². The number of ether oxygens (including phenoxy) is 3. The molecule has 36 heavy (non-hydrogen) atoms. The summed E-state index contributed by atoms with van der Waals surface area (Å²) in [5.74, 6) is -1.23. The number of hydrogen-bond acceptors (Lipinski definition) is 10. The molecule has 12 nitrogen and oxygen atoms in total. The predicted molar refractivity (Wildman–Crippen MR) is 125 cm³/mol. The number of H-pyrrole nitrogens is 1. The molecule has 0 bridgehead atoms. The second-order valence-corrected chi connectivity index (χ2v) is 8.29. The second kappa shape index (κ2) is 10.7. The molecule has 0 radical (unpaired) electrons. The van der Waals surface area contributed by atoms with Crippen LogP contribution in [0.25, 0.3) is 21.8 Å². The third-order valence-corrected chi connectivity index (χ3v) is 5.96. The maximum Gasteiger partial charge on any atom is 0.331 e. The molecule has 6 unspecified atom stereocenters. The number of rotatable bonds is 7. The fourth-order valence-electron chi connectivity index (χ4n) is 4.05. The average molecular weight is 501 g/mol. The number of aromatic amines is 1. The van der Waals surface area contributed by atoms with Crippen molar-refractivity contribution in [1.82, 2.24) is 15.3 Å². The summed E-state index contributed by atoms with van der Waals surface area (Å²) in [7, 11) is 1.21. The normalized spacial score (nSPS) is 25.3. The zero-order chi connectivity index (χ0) is 26.0. The van der Waals surface area contributed by atoms with Gasteiger partial charge >= 0.3 is 5.97 Å². The van der Waals surface area contributed by atoms with E-state index in [1.54, 1.807) is 13.0 Å². The number of carbonyl (C=O) groups is 2. The number of fused-ring (bicyclic) bond motifs is 3. The van der Waals surface area contributed by atoms with Crippen molar-refractivity contribution in [2.45, 2.75) is 43.7 Å². The number of pyridine rings is 1. The van der Waals surface area contributed by atoms with E-state index in [9.17, 15) is 30.0 Å². The highest BCUT2D eigenvalue weighted by atomic mass is 16.7. The highest BCUT2D eigenvalue weighted by Gasteiger charge is 2.44. The fourth-order valence-corrected chi connectivity index (χ4v) is 4.05. The number of aliphatic hydroxyl groups excluding tert-OH is 4. The van der Waals surface area contributed by atoms with Crippen LogP contribution in [0.1, 0.15) is 29.2 Å². The number of aliphatic hydroxyl groups is 4. The molecule has 1 aliphatic heterocycles. The second-order valence-electron chi connectivity index (χ2n) is 8.29. The van der Waals surface area contributed by atoms with E-state index in [1.165, 1.54) is 7.11 Å². The van der Waals surface area contributed by atoms with Crippen LogP contribution in [0.4, 0.5) is 0 Å². The van der Waals surface area contributed by atoms with Crippen LogP contribution in [0.3, 0.4) is 0 Å². The summed E-state index contributed by atoms with van der Waals surface area (Å²) in [5.41, 5.74) is 1.71. The van der Waals surface area contributed by atoms with Crippen LogP contribution in [0, 0.1) is 0 Å². The molecule has 12 heteroatoms. The standard InChI is InChI=1S/C24H27N3O9/c1-11(35-24-22(32)21(31)20(30)16(10-28)36-24)18-19-13(12-5-3-4-6-14(12)26-19)9-15(27-18)23(33)25-8-7-17(29)34-2/h3-9,11,16,20-22,24,26,28,30-32H,10H2,1-2H3,(H,25,33). The molecule has 1 aromatic carbocycles. The van der Waals surface area contributed by atoms with Gasteiger partial charge in [0.2, 0.25) is 0 Å². The summed E-state index contributed by atoms with van der Waals surface area (Å²) in [6.45, 7) is 1.02. The minimum atomic E-state index is -1.60. The van der Waals surface area contributed by atoms with Gasteiger partial charge < -0.3 is 44.9 Å². The molecule has 6 atom stereocenters. The van der Waals surface area contributed by atoms with Gasteiger partial charge in [-0.25, -0.2) is 9.78 Å². The van der Waals surface area contributed by atoms with Crippen molar-refractivity contribution in [3.05, 3.63) is 54.0 Å². The third kappa shape index (κ3) is 4.95. The first kappa shape index (κ1) is 25.7. The Bertz CT molecular complexity index is 1290. The quantitative estimate of drug-likeness (QED) is 0.190. The lowest BCUT2D eigenvalue weighted by Gasteiger charge is -2.40. The molecule has 0 aliphatic carbocycles. The summed E-state index contributed by atoms with van der Waals surface area (Å²) >= 11 is 0. The molecule has 1 amide bonds. The zero-order valence-electron chi connectivity index (χ0n) is 19.5. The molecular weight excluding hydrogens is 474 g/mol. The van der Waals surface area contributed by atoms with Crippen LogP contribution in [0.15, 0.2) is 42.6 Å². The van der Waals surface area contributed by atoms with E-state index in [0.29, 0.717) is 16.6 Å². The minimum absolute atomic E-state index is 0.0287. The number of para-hydroxylation sites is 1. The maximum atomic E-state index is 12.8. The lowest BCUT2D eigenvalue weighted by Crippen LogP contribution is -2.59. The molecule has 1 saturated heterocycles. The number of hydrogen-bond donors (Lipinski definition) is 6. The number of methoxy groups -OCH3 is 1. The van der Waals surface area contributed by atoms with Crippen LogP contribution in [0.2, 0.25) is 0 Å². The molecule has 0 saturated carbocycles. The monoisotopic (exact) mass is 501 g/mol. The predicted octanol–water partition coefficient (Wildman–Crippen LogP) is 0.0101. The fraction of sp³-hybridized carbons (Fsp3) is 0.375. The zero-order valence-corrected chi connectivity index (χ0v) is 19.5. The van der Waals surface area contributed by atoms with Gasteiger partial charge in [-0.3, -0.25) is 4.79 Å². The van der Waals surface area contributed by atoms with Crippen LogP contribution >= 0.6 is 0 Å². The van der Waals surface area contributed by atoms with Crippen molar-refractivity contribution < 1.29 is 44.2 Å². The van der Waals surface area contributed by atoms with E-state index in [-0.39, 0.29) is 5.69 Å². The van der Waals surface area contributed by atoms with Crippen molar-refractivity contribution in [3.8, 4) is 0 Å². The Morgan fingerprint density at radius 2 is 1.94 bits per heavy atom. The Morgan fingerprint density at radius 1 is 1.19 bits per heavy atom. The highest BCUT2D eigenvalue weighted by Crippen LogP contribution is 2.33. The number of carbonyl (C=O) groups excluding carboxylic acids is 2. The smallest absolute Gasteiger partial charge is 0.331 e. The topological polar surface area (TPSA) is 183 Å². The van der Waals surface area contributed by atoms with Gasteiger partial charge in [0.1, 0.15) is 36.2 Å². The van der Waals surface area contributed by atoms with E-state index in [4.69, 9.17) is 9.47 Å². The molecular formula is C24H27N3O9. The molecule has 0 spiro atoms. The van der Waals surface area contributed by atoms with Gasteiger partial charge in [-0.2, -0.15) is 0 Å². The average Bonchev–Trinajstić information content (AvgIpc) is 3.26. The summed E-state index contributed by atoms with van der Waals surface area (Å²) < 4.78 is 15.8. The third-order valence-electron chi connectivity index (χ3n) is 5.96. The summed E-state index contributed by atoms with van der Waals surface area (Å²) in [6, 6.07) is 9.03. The van der Waals surface area contributed by atoms with Gasteiger partial charge in [0, 0.05) is 28.6 Å². The summed E-state index contributed by atoms with van der Waals surface area (Å²) in [6.07, 6.45) is -5.94. The minimum Gasteiger partial charge on any atom is -0.466 e. The molecule has 3 heterocycles. The highest BCUT2D eigenvalue weighted by molar-refractivity contribution is 6.10. The van der Waals surface area contributed by atoms with Gasteiger partial charge in [0.25, 0.3) is 5.91 Å². The number of nitrogens with zero attached hydrogens (tertiary/aromatic N) is 1. The van der Waals surface area contributed by atoms with Crippen molar-refractivity contribution in [2.24, 2.45) is 0 Å². The van der Waals surface area contributed by atoms with Crippen molar-refractivity contribution in [1.29, 1.82) is 0 Å². The molecule has 3 aromatic rings. The molecule has 1 fully saturated rings. The van der Waals surface area contributed by atoms with Gasteiger partial charge in [-0.1, -0.05) is 18.2 Å². The largest absolute Gasteiger partial charge is 0.466 e. The summed E-state index contributed by atoms with van der Waals surface area (Å²) in [4.78, 5) is 31.8. The van der Waals surface area contributed by atoms with Crippen molar-refractivity contribution >= 4 is 33.7 Å². The lowest BCUT2D eigenvalue weighted by atomic mass is 9.99. The number of aromatic nitrogens is 2. The molecule has 4 rings (SSSR count). The number of benzene rings is 1. The van der Waals surface area contributed by atoms with Crippen LogP contribution in [-0.2, 0) is 19.0 Å². The first-order valence-electron chi connectivity index (χ1n) is 11.2. The summed E-state index contributed by atoms with van der Waals surface area (Å²) in [5, 5.41) is 43.9. The van der Waals surface area contributed by atoms with Gasteiger partial charge in [0.15, 0.2) is 6.29 Å². The van der Waals surface area contributed by atoms with E-state index in [1.807, 2.05) is 24.3 Å². The van der Waals surface area contributed by atoms with Crippen LogP contribution in [-0.4, -0.2) is 86.7 Å². The van der Waals surface area contributed by atoms with Crippen molar-refractivity contribution in [3.63, 3.8) is 0 Å². The Balaban J connectivity index is 1.70. The van der Waals surface area contributed by atoms with Crippen LogP contribution in [0.5, 0.6) is 0 Å². The Hall–Kier alpha value is -3.39. The lowest BCUT2D eigenvalue weighted by molar-refractivity contribution is -0.311. The van der Waals surface area contributed by atoms with E-state index < -0.39 is 55.3 Å². The number of nitrogens with one attached hydrogen (secondary N) is 2. The SMILES string of the molecule is COC(=O)C=CNC(=O)c1cc2c([nH]c3ccccc32)c(C(C)OC2OC(CO)C(O)C(O)C2O)n1.